The minimum absolute atomic E-state index is 0.486. The fraction of sp³-hybridized carbons (Fsp3) is 0.250. The number of allylic oxidation sites excluding steroid dienone is 1. The van der Waals surface area contributed by atoms with Crippen LogP contribution in [0.1, 0.15) is 0 Å². The second-order valence-electron chi connectivity index (χ2n) is 1.45. The molecule has 0 unspecified atom stereocenters. The van der Waals surface area contributed by atoms with Gasteiger partial charge >= 0.3 is 5.97 Å². The molecule has 0 amide bonds. The van der Waals surface area contributed by atoms with Crippen LogP contribution in [-0.4, -0.2) is 14.9 Å². The third-order valence-corrected chi connectivity index (χ3v) is 0.893. The van der Waals surface area contributed by atoms with Crippen LogP contribution in [0.3, 0.4) is 0 Å². The quantitative estimate of drug-likeness (QED) is 0.500. The van der Waals surface area contributed by atoms with Crippen molar-refractivity contribution < 1.29 is 9.90 Å². The number of carbonyl (C=O) groups is 1. The second kappa shape index (κ2) is 3.32. The van der Waals surface area contributed by atoms with Gasteiger partial charge in [-0.3, -0.25) is 0 Å². The average Bonchev–Trinajstić information content (AvgIpc) is 1.60. The fourth-order valence-corrected chi connectivity index (χ4v) is 0.591. The SMILES string of the molecule is NC(=CC(Cl)(Cl)Cl)C(=O)O. The largest absolute Gasteiger partial charge is 0.477 e. The fourth-order valence-electron chi connectivity index (χ4n) is 0.238. The lowest BCUT2D eigenvalue weighted by Crippen LogP contribution is -2.13. The first-order valence-electron chi connectivity index (χ1n) is 2.11. The van der Waals surface area contributed by atoms with Crippen LogP contribution >= 0.6 is 34.8 Å². The van der Waals surface area contributed by atoms with E-state index in [0.29, 0.717) is 0 Å². The van der Waals surface area contributed by atoms with E-state index >= 15 is 0 Å². The van der Waals surface area contributed by atoms with Gasteiger partial charge in [0.25, 0.3) is 0 Å². The monoisotopic (exact) mass is 203 g/mol. The molecule has 3 nitrogen and oxygen atoms in total. The Bertz CT molecular complexity index is 172. The number of hydrogen-bond donors (Lipinski definition) is 2. The number of rotatable bonds is 1. The van der Waals surface area contributed by atoms with Gasteiger partial charge in [0.1, 0.15) is 5.70 Å². The van der Waals surface area contributed by atoms with Gasteiger partial charge in [0.05, 0.1) is 0 Å². The van der Waals surface area contributed by atoms with Crippen molar-refractivity contribution in [2.75, 3.05) is 0 Å². The Balaban J connectivity index is 4.32. The van der Waals surface area contributed by atoms with Gasteiger partial charge in [-0.25, -0.2) is 4.79 Å². The topological polar surface area (TPSA) is 63.3 Å². The maximum Gasteiger partial charge on any atom is 0.351 e. The number of carboxylic acids is 1. The number of hydrogen-bond acceptors (Lipinski definition) is 2. The summed E-state index contributed by atoms with van der Waals surface area (Å²) in [6.45, 7) is 0. The summed E-state index contributed by atoms with van der Waals surface area (Å²) >= 11 is 15.5. The van der Waals surface area contributed by atoms with E-state index in [-0.39, 0.29) is 0 Å². The van der Waals surface area contributed by atoms with Crippen LogP contribution in [0.2, 0.25) is 0 Å². The highest BCUT2D eigenvalue weighted by Gasteiger charge is 2.18. The molecule has 0 aromatic rings. The molecule has 58 valence electrons. The molecule has 0 rings (SSSR count). The third kappa shape index (κ3) is 4.73. The summed E-state index contributed by atoms with van der Waals surface area (Å²) in [4.78, 5) is 10.0. The zero-order chi connectivity index (χ0) is 8.36. The van der Waals surface area contributed by atoms with Gasteiger partial charge in [-0.2, -0.15) is 0 Å². The molecule has 0 saturated heterocycles. The molecule has 0 heterocycles. The van der Waals surface area contributed by atoms with Gasteiger partial charge in [-0.15, -0.1) is 0 Å². The molecule has 0 radical (unpaired) electrons. The van der Waals surface area contributed by atoms with Crippen molar-refractivity contribution >= 4 is 40.8 Å². The lowest BCUT2D eigenvalue weighted by Gasteiger charge is -2.03. The smallest absolute Gasteiger partial charge is 0.351 e. The van der Waals surface area contributed by atoms with Crippen LogP contribution in [0, 0.1) is 0 Å². The van der Waals surface area contributed by atoms with Gasteiger partial charge in [-0.05, 0) is 6.08 Å². The van der Waals surface area contributed by atoms with Gasteiger partial charge in [-0.1, -0.05) is 34.8 Å². The Morgan fingerprint density at radius 2 is 1.90 bits per heavy atom. The Kier molecular flexibility index (Phi) is 3.28. The molecule has 6 heteroatoms. The van der Waals surface area contributed by atoms with E-state index in [1.54, 1.807) is 0 Å². The van der Waals surface area contributed by atoms with Crippen LogP contribution < -0.4 is 5.73 Å². The summed E-state index contributed by atoms with van der Waals surface area (Å²) in [5, 5.41) is 8.18. The Hall–Kier alpha value is -0.120. The van der Waals surface area contributed by atoms with E-state index in [1.807, 2.05) is 0 Å². The van der Waals surface area contributed by atoms with Crippen molar-refractivity contribution in [2.45, 2.75) is 3.79 Å². The van der Waals surface area contributed by atoms with Crippen molar-refractivity contribution in [1.82, 2.24) is 0 Å². The van der Waals surface area contributed by atoms with Crippen LogP contribution in [0.25, 0.3) is 0 Å². The first kappa shape index (κ1) is 9.88. The van der Waals surface area contributed by atoms with E-state index in [1.165, 1.54) is 0 Å². The number of carboxylic acid groups (broad SMARTS) is 1. The maximum absolute atomic E-state index is 10.0. The standard InChI is InChI=1S/C4H4Cl3NO2/c5-4(6,7)1-2(8)3(9)10/h1H,8H2,(H,9,10). The normalized spacial score (nSPS) is 13.3. The van der Waals surface area contributed by atoms with Gasteiger partial charge in [0.2, 0.25) is 3.79 Å². The number of nitrogens with two attached hydrogens (primary N) is 1. The summed E-state index contributed by atoms with van der Waals surface area (Å²) in [5.41, 5.74) is 4.42. The molecule has 0 bridgehead atoms. The minimum atomic E-state index is -1.75. The Morgan fingerprint density at radius 3 is 2.00 bits per heavy atom. The van der Waals surface area contributed by atoms with E-state index in [0.717, 1.165) is 6.08 Å². The van der Waals surface area contributed by atoms with Crippen molar-refractivity contribution in [3.8, 4) is 0 Å². The highest BCUT2D eigenvalue weighted by Crippen LogP contribution is 2.27. The zero-order valence-corrected chi connectivity index (χ0v) is 6.91. The molecule has 0 atom stereocenters. The lowest BCUT2D eigenvalue weighted by atomic mass is 10.4. The first-order chi connectivity index (χ1) is 4.33. The lowest BCUT2D eigenvalue weighted by molar-refractivity contribution is -0.132. The molecular formula is C4H4Cl3NO2. The third-order valence-electron chi connectivity index (χ3n) is 0.566. The summed E-state index contributed by atoms with van der Waals surface area (Å²) in [6, 6.07) is 0. The molecule has 0 spiro atoms. The molecule has 0 fully saturated rings. The van der Waals surface area contributed by atoms with E-state index < -0.39 is 15.5 Å². The van der Waals surface area contributed by atoms with E-state index in [9.17, 15) is 4.79 Å². The van der Waals surface area contributed by atoms with Crippen LogP contribution in [0.4, 0.5) is 0 Å². The summed E-state index contributed by atoms with van der Waals surface area (Å²) in [5.74, 6) is -1.31. The van der Waals surface area contributed by atoms with Crippen LogP contribution in [0.5, 0.6) is 0 Å². The van der Waals surface area contributed by atoms with Crippen molar-refractivity contribution in [1.29, 1.82) is 0 Å². The predicted octanol–water partition coefficient (Wildman–Crippen LogP) is 1.28. The second-order valence-corrected chi connectivity index (χ2v) is 3.82. The molecule has 10 heavy (non-hydrogen) atoms. The molecule has 0 aromatic carbocycles. The van der Waals surface area contributed by atoms with Crippen LogP contribution in [-0.2, 0) is 4.79 Å². The van der Waals surface area contributed by atoms with E-state index in [4.69, 9.17) is 45.6 Å². The Labute approximate surface area is 72.3 Å². The van der Waals surface area contributed by atoms with Gasteiger partial charge in [0.15, 0.2) is 0 Å². The number of alkyl halides is 3. The van der Waals surface area contributed by atoms with Crippen molar-refractivity contribution in [2.24, 2.45) is 5.73 Å². The summed E-state index contributed by atoms with van der Waals surface area (Å²) in [6.07, 6.45) is 0.819. The average molecular weight is 204 g/mol. The first-order valence-corrected chi connectivity index (χ1v) is 3.24. The summed E-state index contributed by atoms with van der Waals surface area (Å²) < 4.78 is -1.75. The molecule has 0 aliphatic carbocycles. The Morgan fingerprint density at radius 1 is 1.50 bits per heavy atom. The van der Waals surface area contributed by atoms with Gasteiger partial charge in [0, 0.05) is 0 Å². The van der Waals surface area contributed by atoms with Crippen molar-refractivity contribution in [3.63, 3.8) is 0 Å². The zero-order valence-electron chi connectivity index (χ0n) is 4.64. The molecule has 0 aliphatic rings. The van der Waals surface area contributed by atoms with Crippen LogP contribution in [0.15, 0.2) is 11.8 Å². The van der Waals surface area contributed by atoms with E-state index in [2.05, 4.69) is 0 Å². The highest BCUT2D eigenvalue weighted by atomic mass is 35.6. The number of halogens is 3. The maximum atomic E-state index is 10.0. The highest BCUT2D eigenvalue weighted by molar-refractivity contribution is 6.69. The van der Waals surface area contributed by atoms with Gasteiger partial charge < -0.3 is 10.8 Å². The number of aliphatic carboxylic acids is 1. The molecule has 0 aliphatic heterocycles. The summed E-state index contributed by atoms with van der Waals surface area (Å²) in [7, 11) is 0. The minimum Gasteiger partial charge on any atom is -0.477 e. The molecule has 0 aromatic heterocycles. The molecular weight excluding hydrogens is 200 g/mol. The predicted molar refractivity (Wildman–Crippen MR) is 40.2 cm³/mol. The molecule has 3 N–H and O–H groups in total. The van der Waals surface area contributed by atoms with Crippen molar-refractivity contribution in [3.05, 3.63) is 11.8 Å². The molecule has 0 saturated carbocycles.